The molecular formula is C12H14N2O. The summed E-state index contributed by atoms with van der Waals surface area (Å²) in [6.45, 7) is 0.102. The highest BCUT2D eigenvalue weighted by Crippen LogP contribution is 2.21. The van der Waals surface area contributed by atoms with Gasteiger partial charge in [0.15, 0.2) is 0 Å². The van der Waals surface area contributed by atoms with Crippen molar-refractivity contribution < 1.29 is 5.11 Å². The number of anilines is 2. The Hall–Kier alpha value is -1.74. The molecule has 0 fully saturated rings. The molecule has 3 N–H and O–H groups in total. The number of nitrogens with zero attached hydrogens (tertiary/aromatic N) is 1. The topological polar surface area (TPSA) is 49.5 Å². The number of benzene rings is 1. The second-order valence-corrected chi connectivity index (χ2v) is 3.48. The first kappa shape index (κ1) is 9.80. The van der Waals surface area contributed by atoms with Gasteiger partial charge < -0.3 is 15.7 Å². The van der Waals surface area contributed by atoms with Gasteiger partial charge in [0.25, 0.3) is 0 Å². The minimum Gasteiger partial charge on any atom is -0.399 e. The van der Waals surface area contributed by atoms with Gasteiger partial charge in [-0.2, -0.15) is 0 Å². The van der Waals surface area contributed by atoms with E-state index in [4.69, 9.17) is 5.73 Å². The molecule has 1 aromatic carbocycles. The smallest absolute Gasteiger partial charge is 0.0750 e. The summed E-state index contributed by atoms with van der Waals surface area (Å²) in [7, 11) is 0. The molecule has 0 spiro atoms. The predicted molar refractivity (Wildman–Crippen MR) is 62.5 cm³/mol. The fourth-order valence-corrected chi connectivity index (χ4v) is 1.61. The Morgan fingerprint density at radius 2 is 1.93 bits per heavy atom. The minimum atomic E-state index is 0.0126. The fraction of sp³-hybridized carbons (Fsp3) is 0.167. The number of hydrogen-bond acceptors (Lipinski definition) is 3. The summed E-state index contributed by atoms with van der Waals surface area (Å²) in [5.41, 5.74) is 7.40. The van der Waals surface area contributed by atoms with Crippen LogP contribution < -0.4 is 10.6 Å². The zero-order valence-corrected chi connectivity index (χ0v) is 8.38. The van der Waals surface area contributed by atoms with Gasteiger partial charge in [0.1, 0.15) is 0 Å². The molecule has 1 unspecified atom stereocenters. The SMILES string of the molecule is Nc1ccc(N2C=CC=CC2CO)cc1. The second kappa shape index (κ2) is 4.19. The summed E-state index contributed by atoms with van der Waals surface area (Å²) in [5.74, 6) is 0. The van der Waals surface area contributed by atoms with Crippen LogP contribution in [0.2, 0.25) is 0 Å². The van der Waals surface area contributed by atoms with E-state index in [2.05, 4.69) is 0 Å². The van der Waals surface area contributed by atoms with Crippen molar-refractivity contribution >= 4 is 11.4 Å². The minimum absolute atomic E-state index is 0.0126. The summed E-state index contributed by atoms with van der Waals surface area (Å²) in [4.78, 5) is 2.01. The molecule has 1 aromatic rings. The molecule has 0 bridgehead atoms. The summed E-state index contributed by atoms with van der Waals surface area (Å²) in [6.07, 6.45) is 7.81. The van der Waals surface area contributed by atoms with Crippen molar-refractivity contribution in [3.63, 3.8) is 0 Å². The predicted octanol–water partition coefficient (Wildman–Crippen LogP) is 1.52. The zero-order valence-electron chi connectivity index (χ0n) is 8.38. The number of aliphatic hydroxyl groups excluding tert-OH is 1. The number of aliphatic hydroxyl groups is 1. The quantitative estimate of drug-likeness (QED) is 0.715. The van der Waals surface area contributed by atoms with E-state index in [1.165, 1.54) is 0 Å². The monoisotopic (exact) mass is 202 g/mol. The van der Waals surface area contributed by atoms with Gasteiger partial charge in [-0.05, 0) is 30.3 Å². The lowest BCUT2D eigenvalue weighted by Gasteiger charge is -2.29. The van der Waals surface area contributed by atoms with Crippen LogP contribution in [-0.4, -0.2) is 17.8 Å². The number of nitrogen functional groups attached to an aromatic ring is 1. The van der Waals surface area contributed by atoms with E-state index < -0.39 is 0 Å². The van der Waals surface area contributed by atoms with Crippen LogP contribution in [-0.2, 0) is 0 Å². The van der Waals surface area contributed by atoms with Gasteiger partial charge in [0, 0.05) is 17.6 Å². The maximum Gasteiger partial charge on any atom is 0.0750 e. The molecule has 0 saturated carbocycles. The second-order valence-electron chi connectivity index (χ2n) is 3.48. The van der Waals surface area contributed by atoms with E-state index in [9.17, 15) is 5.11 Å². The van der Waals surface area contributed by atoms with Crippen LogP contribution >= 0.6 is 0 Å². The van der Waals surface area contributed by atoms with E-state index in [0.717, 1.165) is 11.4 Å². The van der Waals surface area contributed by atoms with E-state index >= 15 is 0 Å². The average Bonchev–Trinajstić information content (AvgIpc) is 2.30. The molecule has 3 nitrogen and oxygen atoms in total. The van der Waals surface area contributed by atoms with Crippen molar-refractivity contribution in [2.75, 3.05) is 17.2 Å². The number of nitrogens with two attached hydrogens (primary N) is 1. The first-order valence-electron chi connectivity index (χ1n) is 4.91. The highest BCUT2D eigenvalue weighted by atomic mass is 16.3. The first-order valence-corrected chi connectivity index (χ1v) is 4.91. The average molecular weight is 202 g/mol. The molecule has 3 heteroatoms. The Morgan fingerprint density at radius 1 is 1.20 bits per heavy atom. The zero-order chi connectivity index (χ0) is 10.7. The van der Waals surface area contributed by atoms with Crippen LogP contribution in [0.15, 0.2) is 48.7 Å². The molecule has 0 amide bonds. The number of allylic oxidation sites excluding steroid dienone is 2. The third kappa shape index (κ3) is 2.02. The molecule has 2 rings (SSSR count). The first-order chi connectivity index (χ1) is 7.31. The molecule has 1 heterocycles. The van der Waals surface area contributed by atoms with Crippen LogP contribution in [0.3, 0.4) is 0 Å². The van der Waals surface area contributed by atoms with Crippen molar-refractivity contribution in [2.45, 2.75) is 6.04 Å². The summed E-state index contributed by atoms with van der Waals surface area (Å²) < 4.78 is 0. The van der Waals surface area contributed by atoms with Gasteiger partial charge in [-0.1, -0.05) is 12.2 Å². The molecule has 1 atom stereocenters. The highest BCUT2D eigenvalue weighted by Gasteiger charge is 2.14. The van der Waals surface area contributed by atoms with Crippen LogP contribution in [0.1, 0.15) is 0 Å². The Labute approximate surface area is 89.1 Å². The van der Waals surface area contributed by atoms with Crippen molar-refractivity contribution in [3.8, 4) is 0 Å². The van der Waals surface area contributed by atoms with Gasteiger partial charge in [-0.15, -0.1) is 0 Å². The van der Waals surface area contributed by atoms with E-state index in [-0.39, 0.29) is 12.6 Å². The lowest BCUT2D eigenvalue weighted by molar-refractivity contribution is 0.282. The van der Waals surface area contributed by atoms with Gasteiger partial charge in [0.2, 0.25) is 0 Å². The van der Waals surface area contributed by atoms with E-state index in [0.29, 0.717) is 0 Å². The van der Waals surface area contributed by atoms with Gasteiger partial charge in [0.05, 0.1) is 12.6 Å². The van der Waals surface area contributed by atoms with E-state index in [1.807, 2.05) is 53.6 Å². The van der Waals surface area contributed by atoms with Crippen molar-refractivity contribution in [1.82, 2.24) is 0 Å². The fourth-order valence-electron chi connectivity index (χ4n) is 1.61. The molecule has 0 radical (unpaired) electrons. The molecule has 0 aromatic heterocycles. The highest BCUT2D eigenvalue weighted by molar-refractivity contribution is 5.57. The maximum absolute atomic E-state index is 9.23. The van der Waals surface area contributed by atoms with Gasteiger partial charge in [-0.25, -0.2) is 0 Å². The van der Waals surface area contributed by atoms with Crippen LogP contribution in [0.5, 0.6) is 0 Å². The van der Waals surface area contributed by atoms with Crippen molar-refractivity contribution in [1.29, 1.82) is 0 Å². The molecule has 78 valence electrons. The Balaban J connectivity index is 2.26. The Kier molecular flexibility index (Phi) is 2.74. The third-order valence-corrected chi connectivity index (χ3v) is 2.43. The largest absolute Gasteiger partial charge is 0.399 e. The third-order valence-electron chi connectivity index (χ3n) is 2.43. The van der Waals surface area contributed by atoms with Crippen molar-refractivity contribution in [3.05, 3.63) is 48.7 Å². The normalized spacial score (nSPS) is 19.5. The summed E-state index contributed by atoms with van der Waals surface area (Å²) in [5, 5.41) is 9.23. The Bertz CT molecular complexity index is 381. The Morgan fingerprint density at radius 3 is 2.60 bits per heavy atom. The molecule has 0 saturated heterocycles. The van der Waals surface area contributed by atoms with Crippen LogP contribution in [0.4, 0.5) is 11.4 Å². The maximum atomic E-state index is 9.23. The number of rotatable bonds is 2. The molecule has 0 aliphatic carbocycles. The summed E-state index contributed by atoms with van der Waals surface area (Å²) in [6, 6.07) is 7.62. The number of hydrogen-bond donors (Lipinski definition) is 2. The summed E-state index contributed by atoms with van der Waals surface area (Å²) >= 11 is 0. The van der Waals surface area contributed by atoms with Crippen LogP contribution in [0, 0.1) is 0 Å². The van der Waals surface area contributed by atoms with Gasteiger partial charge in [-0.3, -0.25) is 0 Å². The van der Waals surface area contributed by atoms with Gasteiger partial charge >= 0.3 is 0 Å². The lowest BCUT2D eigenvalue weighted by Crippen LogP contribution is -2.33. The lowest BCUT2D eigenvalue weighted by atomic mass is 10.1. The molecule has 15 heavy (non-hydrogen) atoms. The van der Waals surface area contributed by atoms with Crippen molar-refractivity contribution in [2.24, 2.45) is 0 Å². The van der Waals surface area contributed by atoms with Crippen LogP contribution in [0.25, 0.3) is 0 Å². The molecule has 1 aliphatic heterocycles. The molecular weight excluding hydrogens is 188 g/mol. The standard InChI is InChI=1S/C12H14N2O/c13-10-4-6-11(7-5-10)14-8-2-1-3-12(14)9-15/h1-8,12,15H,9,13H2. The van der Waals surface area contributed by atoms with E-state index in [1.54, 1.807) is 0 Å². The molecule has 1 aliphatic rings.